The van der Waals surface area contributed by atoms with Gasteiger partial charge in [-0.1, -0.05) is 24.3 Å². The summed E-state index contributed by atoms with van der Waals surface area (Å²) in [5.74, 6) is 0. The van der Waals surface area contributed by atoms with Crippen molar-refractivity contribution in [3.8, 4) is 0 Å². The van der Waals surface area contributed by atoms with Gasteiger partial charge in [-0.25, -0.2) is 0 Å². The second-order valence-electron chi connectivity index (χ2n) is 3.62. The number of rotatable bonds is 2. The molecule has 2 heteroatoms. The van der Waals surface area contributed by atoms with Crippen LogP contribution in [0.4, 0.5) is 0 Å². The molecule has 0 aromatic carbocycles. The van der Waals surface area contributed by atoms with E-state index in [2.05, 4.69) is 6.58 Å². The molecule has 1 aliphatic rings. The standard InChI is InChI=1S/C11H17NO/c1-7(2)11-6-9(12)4-5-10(11)8(3)13/h4-5,8-9,13H,1,6,12H2,2-3H3. The lowest BCUT2D eigenvalue weighted by atomic mass is 9.88. The van der Waals surface area contributed by atoms with Gasteiger partial charge in [0.1, 0.15) is 0 Å². The maximum absolute atomic E-state index is 9.49. The number of aliphatic hydroxyl groups excluding tert-OH is 1. The summed E-state index contributed by atoms with van der Waals surface area (Å²) in [6.07, 6.45) is 4.18. The highest BCUT2D eigenvalue weighted by molar-refractivity contribution is 5.43. The van der Waals surface area contributed by atoms with Crippen molar-refractivity contribution in [2.45, 2.75) is 32.4 Å². The lowest BCUT2D eigenvalue weighted by Crippen LogP contribution is -2.23. The first-order chi connectivity index (χ1) is 6.02. The van der Waals surface area contributed by atoms with Crippen molar-refractivity contribution in [2.24, 2.45) is 5.73 Å². The van der Waals surface area contributed by atoms with Crippen molar-refractivity contribution < 1.29 is 5.11 Å². The second-order valence-corrected chi connectivity index (χ2v) is 3.62. The molecule has 3 N–H and O–H groups in total. The molecule has 2 unspecified atom stereocenters. The Labute approximate surface area is 79.4 Å². The number of allylic oxidation sites excluding steroid dienone is 1. The molecule has 0 aromatic rings. The van der Waals surface area contributed by atoms with Crippen LogP contribution in [0.15, 0.2) is 35.5 Å². The second kappa shape index (κ2) is 3.90. The maximum atomic E-state index is 9.49. The minimum atomic E-state index is -0.435. The van der Waals surface area contributed by atoms with E-state index in [9.17, 15) is 5.11 Å². The molecule has 2 atom stereocenters. The van der Waals surface area contributed by atoms with Crippen molar-refractivity contribution in [1.82, 2.24) is 0 Å². The van der Waals surface area contributed by atoms with Crippen molar-refractivity contribution in [1.29, 1.82) is 0 Å². The zero-order chi connectivity index (χ0) is 10.0. The molecule has 0 bridgehead atoms. The molecular weight excluding hydrogens is 162 g/mol. The van der Waals surface area contributed by atoms with E-state index in [1.807, 2.05) is 19.1 Å². The average Bonchev–Trinajstić information content (AvgIpc) is 2.03. The Hall–Kier alpha value is -0.860. The van der Waals surface area contributed by atoms with Crippen LogP contribution in [0, 0.1) is 0 Å². The smallest absolute Gasteiger partial charge is 0.0764 e. The Morgan fingerprint density at radius 1 is 1.77 bits per heavy atom. The van der Waals surface area contributed by atoms with Crippen LogP contribution >= 0.6 is 0 Å². The third-order valence-electron chi connectivity index (χ3n) is 2.28. The average molecular weight is 179 g/mol. The fraction of sp³-hybridized carbons (Fsp3) is 0.455. The number of aliphatic hydroxyl groups is 1. The SMILES string of the molecule is C=C(C)C1=C(C(C)O)C=CC(N)C1. The first-order valence-corrected chi connectivity index (χ1v) is 4.53. The Kier molecular flexibility index (Phi) is 3.07. The van der Waals surface area contributed by atoms with E-state index < -0.39 is 6.10 Å². The molecule has 2 nitrogen and oxygen atoms in total. The highest BCUT2D eigenvalue weighted by Crippen LogP contribution is 2.25. The number of hydrogen-bond donors (Lipinski definition) is 2. The summed E-state index contributed by atoms with van der Waals surface area (Å²) in [7, 11) is 0. The third-order valence-corrected chi connectivity index (χ3v) is 2.28. The largest absolute Gasteiger partial charge is 0.389 e. The van der Waals surface area contributed by atoms with Gasteiger partial charge in [-0.3, -0.25) is 0 Å². The lowest BCUT2D eigenvalue weighted by molar-refractivity contribution is 0.233. The highest BCUT2D eigenvalue weighted by atomic mass is 16.3. The lowest BCUT2D eigenvalue weighted by Gasteiger charge is -2.21. The summed E-state index contributed by atoms with van der Waals surface area (Å²) in [6, 6.07) is 0.0641. The summed E-state index contributed by atoms with van der Waals surface area (Å²) in [5, 5.41) is 9.49. The molecule has 0 saturated carbocycles. The zero-order valence-corrected chi connectivity index (χ0v) is 8.25. The van der Waals surface area contributed by atoms with E-state index in [1.165, 1.54) is 0 Å². The summed E-state index contributed by atoms with van der Waals surface area (Å²) in [6.45, 7) is 7.60. The van der Waals surface area contributed by atoms with Gasteiger partial charge in [0.25, 0.3) is 0 Å². The molecule has 0 spiro atoms. The molecule has 0 aliphatic heterocycles. The topological polar surface area (TPSA) is 46.2 Å². The molecule has 0 radical (unpaired) electrons. The van der Waals surface area contributed by atoms with Gasteiger partial charge in [-0.2, -0.15) is 0 Å². The first kappa shape index (κ1) is 10.2. The van der Waals surface area contributed by atoms with Crippen LogP contribution in [0.3, 0.4) is 0 Å². The Bertz CT molecular complexity index is 274. The third kappa shape index (κ3) is 2.29. The summed E-state index contributed by atoms with van der Waals surface area (Å²) in [5.41, 5.74) is 8.83. The van der Waals surface area contributed by atoms with Gasteiger partial charge in [0, 0.05) is 6.04 Å². The molecule has 1 rings (SSSR count). The minimum Gasteiger partial charge on any atom is -0.389 e. The fourth-order valence-corrected chi connectivity index (χ4v) is 1.56. The van der Waals surface area contributed by atoms with Gasteiger partial charge in [0.15, 0.2) is 0 Å². The van der Waals surface area contributed by atoms with Gasteiger partial charge >= 0.3 is 0 Å². The van der Waals surface area contributed by atoms with Gasteiger partial charge in [0.05, 0.1) is 6.10 Å². The van der Waals surface area contributed by atoms with Gasteiger partial charge in [-0.05, 0) is 31.4 Å². The zero-order valence-electron chi connectivity index (χ0n) is 8.25. The molecule has 0 saturated heterocycles. The minimum absolute atomic E-state index is 0.0641. The van der Waals surface area contributed by atoms with Crippen LogP contribution in [0.25, 0.3) is 0 Å². The van der Waals surface area contributed by atoms with E-state index in [4.69, 9.17) is 5.73 Å². The van der Waals surface area contributed by atoms with E-state index in [0.717, 1.165) is 23.1 Å². The van der Waals surface area contributed by atoms with Crippen molar-refractivity contribution in [3.63, 3.8) is 0 Å². The molecule has 0 aromatic heterocycles. The summed E-state index contributed by atoms with van der Waals surface area (Å²) in [4.78, 5) is 0. The predicted molar refractivity (Wildman–Crippen MR) is 55.3 cm³/mol. The molecule has 0 amide bonds. The van der Waals surface area contributed by atoms with Crippen molar-refractivity contribution in [3.05, 3.63) is 35.5 Å². The van der Waals surface area contributed by atoms with Crippen LogP contribution < -0.4 is 5.73 Å². The van der Waals surface area contributed by atoms with Gasteiger partial charge in [0.2, 0.25) is 0 Å². The van der Waals surface area contributed by atoms with Crippen LogP contribution in [0.1, 0.15) is 20.3 Å². The van der Waals surface area contributed by atoms with Crippen molar-refractivity contribution in [2.75, 3.05) is 0 Å². The fourth-order valence-electron chi connectivity index (χ4n) is 1.56. The Balaban J connectivity index is 3.02. The van der Waals surface area contributed by atoms with Crippen molar-refractivity contribution >= 4 is 0 Å². The predicted octanol–water partition coefficient (Wildman–Crippen LogP) is 1.53. The van der Waals surface area contributed by atoms with Crippen LogP contribution in [0.2, 0.25) is 0 Å². The van der Waals surface area contributed by atoms with E-state index in [1.54, 1.807) is 6.92 Å². The molecular formula is C11H17NO. The molecule has 13 heavy (non-hydrogen) atoms. The van der Waals surface area contributed by atoms with Crippen LogP contribution in [-0.4, -0.2) is 17.3 Å². The Morgan fingerprint density at radius 3 is 2.85 bits per heavy atom. The number of nitrogens with two attached hydrogens (primary N) is 1. The van der Waals surface area contributed by atoms with Crippen LogP contribution in [-0.2, 0) is 0 Å². The number of hydrogen-bond acceptors (Lipinski definition) is 2. The maximum Gasteiger partial charge on any atom is 0.0764 e. The molecule has 72 valence electrons. The van der Waals surface area contributed by atoms with E-state index in [0.29, 0.717) is 0 Å². The Morgan fingerprint density at radius 2 is 2.38 bits per heavy atom. The summed E-state index contributed by atoms with van der Waals surface area (Å²) < 4.78 is 0. The monoisotopic (exact) mass is 179 g/mol. The quantitative estimate of drug-likeness (QED) is 0.675. The van der Waals surface area contributed by atoms with Gasteiger partial charge in [-0.15, -0.1) is 0 Å². The van der Waals surface area contributed by atoms with Gasteiger partial charge < -0.3 is 10.8 Å². The first-order valence-electron chi connectivity index (χ1n) is 4.53. The highest BCUT2D eigenvalue weighted by Gasteiger charge is 2.16. The molecule has 0 fully saturated rings. The van der Waals surface area contributed by atoms with E-state index >= 15 is 0 Å². The molecule has 0 heterocycles. The van der Waals surface area contributed by atoms with E-state index in [-0.39, 0.29) is 6.04 Å². The molecule has 1 aliphatic carbocycles. The van der Waals surface area contributed by atoms with Crippen LogP contribution in [0.5, 0.6) is 0 Å². The normalized spacial score (nSPS) is 24.8. The summed E-state index contributed by atoms with van der Waals surface area (Å²) >= 11 is 0.